The van der Waals surface area contributed by atoms with E-state index < -0.39 is 0 Å². The standard InChI is InChI=1S/C20H25N7O2/c1-12-10-13(2)27(25-12)18-11-17(23-14(3)24-18)21-8-9-22-20(28)19-15-6-4-5-7-16(15)29-26-19/h10-11H,4-9H2,1-3H3,(H,22,28)(H,21,23,24). The molecule has 0 spiro atoms. The molecule has 1 aliphatic rings. The first-order chi connectivity index (χ1) is 14.0. The Labute approximate surface area is 168 Å². The largest absolute Gasteiger partial charge is 0.368 e. The van der Waals surface area contributed by atoms with Crippen molar-refractivity contribution < 1.29 is 9.32 Å². The number of rotatable bonds is 6. The lowest BCUT2D eigenvalue weighted by Crippen LogP contribution is -2.30. The maximum Gasteiger partial charge on any atom is 0.273 e. The van der Waals surface area contributed by atoms with Gasteiger partial charge in [0.2, 0.25) is 0 Å². The minimum atomic E-state index is -0.194. The lowest BCUT2D eigenvalue weighted by molar-refractivity contribution is 0.0945. The Kier molecular flexibility index (Phi) is 5.28. The summed E-state index contributed by atoms with van der Waals surface area (Å²) in [6.45, 7) is 6.75. The molecule has 0 radical (unpaired) electrons. The zero-order valence-electron chi connectivity index (χ0n) is 16.9. The minimum Gasteiger partial charge on any atom is -0.368 e. The molecule has 9 heteroatoms. The van der Waals surface area contributed by atoms with Gasteiger partial charge in [0, 0.05) is 36.8 Å². The molecular formula is C20H25N7O2. The van der Waals surface area contributed by atoms with E-state index >= 15 is 0 Å². The fourth-order valence-electron chi connectivity index (χ4n) is 3.63. The lowest BCUT2D eigenvalue weighted by Gasteiger charge is -2.11. The number of fused-ring (bicyclic) bond motifs is 1. The van der Waals surface area contributed by atoms with Crippen LogP contribution in [-0.2, 0) is 12.8 Å². The Balaban J connectivity index is 1.36. The first kappa shape index (κ1) is 19.1. The summed E-state index contributed by atoms with van der Waals surface area (Å²) in [5.74, 6) is 2.71. The summed E-state index contributed by atoms with van der Waals surface area (Å²) < 4.78 is 7.11. The van der Waals surface area contributed by atoms with E-state index in [9.17, 15) is 4.79 Å². The van der Waals surface area contributed by atoms with E-state index in [2.05, 4.69) is 30.9 Å². The third-order valence-corrected chi connectivity index (χ3v) is 4.93. The summed E-state index contributed by atoms with van der Waals surface area (Å²) in [5.41, 5.74) is 3.33. The molecule has 152 valence electrons. The molecule has 0 unspecified atom stereocenters. The zero-order valence-corrected chi connectivity index (χ0v) is 16.9. The Morgan fingerprint density at radius 3 is 2.76 bits per heavy atom. The monoisotopic (exact) mass is 395 g/mol. The van der Waals surface area contributed by atoms with Crippen molar-refractivity contribution >= 4 is 11.7 Å². The molecule has 0 aliphatic heterocycles. The Morgan fingerprint density at radius 2 is 1.97 bits per heavy atom. The van der Waals surface area contributed by atoms with E-state index in [0.717, 1.165) is 48.4 Å². The summed E-state index contributed by atoms with van der Waals surface area (Å²) in [5, 5.41) is 14.6. The van der Waals surface area contributed by atoms with Gasteiger partial charge >= 0.3 is 0 Å². The van der Waals surface area contributed by atoms with Crippen molar-refractivity contribution in [3.8, 4) is 5.82 Å². The van der Waals surface area contributed by atoms with Gasteiger partial charge in [-0.3, -0.25) is 4.79 Å². The van der Waals surface area contributed by atoms with Gasteiger partial charge in [-0.05, 0) is 46.1 Å². The number of carbonyl (C=O) groups excluding carboxylic acids is 1. The predicted molar refractivity (Wildman–Crippen MR) is 107 cm³/mol. The average molecular weight is 395 g/mol. The molecule has 3 aromatic heterocycles. The summed E-state index contributed by atoms with van der Waals surface area (Å²) in [4.78, 5) is 21.3. The number of nitrogens with one attached hydrogen (secondary N) is 2. The van der Waals surface area contributed by atoms with Crippen LogP contribution in [0.1, 0.15) is 51.9 Å². The van der Waals surface area contributed by atoms with E-state index in [0.29, 0.717) is 36.2 Å². The van der Waals surface area contributed by atoms with Gasteiger partial charge < -0.3 is 15.2 Å². The van der Waals surface area contributed by atoms with Gasteiger partial charge in [0.25, 0.3) is 5.91 Å². The van der Waals surface area contributed by atoms with Crippen molar-refractivity contribution in [2.75, 3.05) is 18.4 Å². The number of amides is 1. The lowest BCUT2D eigenvalue weighted by atomic mass is 9.96. The first-order valence-electron chi connectivity index (χ1n) is 9.90. The molecule has 9 nitrogen and oxygen atoms in total. The third-order valence-electron chi connectivity index (χ3n) is 4.93. The van der Waals surface area contributed by atoms with Crippen molar-refractivity contribution in [2.45, 2.75) is 46.5 Å². The third kappa shape index (κ3) is 4.13. The van der Waals surface area contributed by atoms with Crippen LogP contribution in [0.3, 0.4) is 0 Å². The molecule has 0 saturated heterocycles. The SMILES string of the molecule is Cc1cc(C)n(-c2cc(NCCNC(=O)c3noc4c3CCCC4)nc(C)n2)n1. The van der Waals surface area contributed by atoms with E-state index in [1.165, 1.54) is 0 Å². The molecule has 0 saturated carbocycles. The number of aryl methyl sites for hydroxylation is 4. The van der Waals surface area contributed by atoms with Crippen LogP contribution >= 0.6 is 0 Å². The number of anilines is 1. The van der Waals surface area contributed by atoms with Crippen molar-refractivity contribution in [1.29, 1.82) is 0 Å². The van der Waals surface area contributed by atoms with Gasteiger partial charge in [-0.1, -0.05) is 5.16 Å². The highest BCUT2D eigenvalue weighted by Gasteiger charge is 2.23. The smallest absolute Gasteiger partial charge is 0.273 e. The van der Waals surface area contributed by atoms with Crippen LogP contribution in [0.4, 0.5) is 5.82 Å². The number of hydrogen-bond donors (Lipinski definition) is 2. The van der Waals surface area contributed by atoms with Crippen LogP contribution in [0.2, 0.25) is 0 Å². The van der Waals surface area contributed by atoms with Crippen molar-refractivity contribution in [3.05, 3.63) is 46.4 Å². The van der Waals surface area contributed by atoms with Gasteiger partial charge in [0.05, 0.1) is 5.69 Å². The second-order valence-electron chi connectivity index (χ2n) is 7.32. The summed E-state index contributed by atoms with van der Waals surface area (Å²) in [6, 6.07) is 3.85. The molecule has 0 bridgehead atoms. The predicted octanol–water partition coefficient (Wildman–Crippen LogP) is 2.30. The normalized spacial score (nSPS) is 13.2. The maximum absolute atomic E-state index is 12.4. The van der Waals surface area contributed by atoms with E-state index in [4.69, 9.17) is 4.52 Å². The van der Waals surface area contributed by atoms with Gasteiger partial charge in [-0.2, -0.15) is 5.10 Å². The maximum atomic E-state index is 12.4. The van der Waals surface area contributed by atoms with Crippen LogP contribution in [0.15, 0.2) is 16.7 Å². The highest BCUT2D eigenvalue weighted by Crippen LogP contribution is 2.24. The van der Waals surface area contributed by atoms with Crippen LogP contribution in [-0.4, -0.2) is 43.9 Å². The summed E-state index contributed by atoms with van der Waals surface area (Å²) >= 11 is 0. The molecule has 3 heterocycles. The molecule has 0 fully saturated rings. The Hall–Kier alpha value is -3.23. The fourth-order valence-corrected chi connectivity index (χ4v) is 3.63. The zero-order chi connectivity index (χ0) is 20.4. The van der Waals surface area contributed by atoms with E-state index in [-0.39, 0.29) is 5.91 Å². The number of hydrogen-bond acceptors (Lipinski definition) is 7. The van der Waals surface area contributed by atoms with Crippen LogP contribution in [0.25, 0.3) is 5.82 Å². The molecule has 4 rings (SSSR count). The van der Waals surface area contributed by atoms with Crippen LogP contribution in [0.5, 0.6) is 0 Å². The molecule has 0 aromatic carbocycles. The van der Waals surface area contributed by atoms with Crippen molar-refractivity contribution in [3.63, 3.8) is 0 Å². The molecule has 1 aliphatic carbocycles. The first-order valence-corrected chi connectivity index (χ1v) is 9.90. The summed E-state index contributed by atoms with van der Waals surface area (Å²) in [6.07, 6.45) is 3.88. The molecule has 29 heavy (non-hydrogen) atoms. The summed E-state index contributed by atoms with van der Waals surface area (Å²) in [7, 11) is 0. The highest BCUT2D eigenvalue weighted by atomic mass is 16.5. The van der Waals surface area contributed by atoms with Crippen molar-refractivity contribution in [1.82, 2.24) is 30.2 Å². The topological polar surface area (TPSA) is 111 Å². The highest BCUT2D eigenvalue weighted by molar-refractivity contribution is 5.93. The molecule has 2 N–H and O–H groups in total. The minimum absolute atomic E-state index is 0.194. The Bertz CT molecular complexity index is 1040. The molecule has 0 atom stereocenters. The Morgan fingerprint density at radius 1 is 1.14 bits per heavy atom. The van der Waals surface area contributed by atoms with Crippen molar-refractivity contribution in [2.24, 2.45) is 0 Å². The molecule has 1 amide bonds. The quantitative estimate of drug-likeness (QED) is 0.616. The van der Waals surface area contributed by atoms with Crippen LogP contribution in [0, 0.1) is 20.8 Å². The van der Waals surface area contributed by atoms with Gasteiger partial charge in [-0.15, -0.1) is 0 Å². The average Bonchev–Trinajstić information content (AvgIpc) is 3.27. The van der Waals surface area contributed by atoms with E-state index in [1.807, 2.05) is 32.9 Å². The van der Waals surface area contributed by atoms with Crippen LogP contribution < -0.4 is 10.6 Å². The second-order valence-corrected chi connectivity index (χ2v) is 7.32. The van der Waals surface area contributed by atoms with Gasteiger partial charge in [0.1, 0.15) is 17.4 Å². The van der Waals surface area contributed by atoms with Gasteiger partial charge in [0.15, 0.2) is 11.5 Å². The molecular weight excluding hydrogens is 370 g/mol. The number of carbonyl (C=O) groups is 1. The van der Waals surface area contributed by atoms with E-state index in [1.54, 1.807) is 4.68 Å². The number of nitrogens with zero attached hydrogens (tertiary/aromatic N) is 5. The fraction of sp³-hybridized carbons (Fsp3) is 0.450. The van der Waals surface area contributed by atoms with Gasteiger partial charge in [-0.25, -0.2) is 14.6 Å². The number of aromatic nitrogens is 5. The second kappa shape index (κ2) is 8.02. The molecule has 3 aromatic rings.